The fourth-order valence-electron chi connectivity index (χ4n) is 3.17. The molecule has 1 aliphatic heterocycles. The first-order chi connectivity index (χ1) is 14.4. The third-order valence-electron chi connectivity index (χ3n) is 4.79. The summed E-state index contributed by atoms with van der Waals surface area (Å²) in [6.07, 6.45) is 3.95. The standard InChI is InChI=1S/C22H30IN3O3S/c1-6-15(7-2)19(28)13-17(27)14-21-23-24-22(30)26(21)16-10-11-20(29-5)18(12-16)25(8-3)9-4/h6,10-13,27-28H,1,7-9,14H2,2-5H3,(H,24,30)/b17-13+,19-15-. The summed E-state index contributed by atoms with van der Waals surface area (Å²) in [5.74, 6) is 0.937. The normalized spacial score (nSPS) is 15.1. The molecular weight excluding hydrogens is 513 g/mol. The summed E-state index contributed by atoms with van der Waals surface area (Å²) in [6, 6.07) is 5.99. The maximum absolute atomic E-state index is 10.5. The molecule has 1 aromatic carbocycles. The van der Waals surface area contributed by atoms with E-state index in [9.17, 15) is 10.2 Å². The van der Waals surface area contributed by atoms with E-state index in [0.29, 0.717) is 23.5 Å². The van der Waals surface area contributed by atoms with Crippen molar-refractivity contribution in [3.63, 3.8) is 0 Å². The second kappa shape index (κ2) is 11.4. The summed E-state index contributed by atoms with van der Waals surface area (Å²) in [5.41, 5.74) is 2.62. The highest BCUT2D eigenvalue weighted by atomic mass is 127. The van der Waals surface area contributed by atoms with Crippen molar-refractivity contribution >= 4 is 53.3 Å². The Balaban J connectivity index is 2.36. The van der Waals surface area contributed by atoms with Gasteiger partial charge in [-0.1, -0.05) is 19.6 Å². The van der Waals surface area contributed by atoms with E-state index >= 15 is 0 Å². The lowest BCUT2D eigenvalue weighted by Gasteiger charge is -2.27. The van der Waals surface area contributed by atoms with Gasteiger partial charge in [0.25, 0.3) is 0 Å². The molecule has 0 spiro atoms. The molecule has 1 heterocycles. The Labute approximate surface area is 194 Å². The summed E-state index contributed by atoms with van der Waals surface area (Å²) in [4.78, 5) is 4.21. The fourth-order valence-corrected chi connectivity index (χ4v) is 5.93. The van der Waals surface area contributed by atoms with E-state index in [2.05, 4.69) is 34.9 Å². The predicted octanol–water partition coefficient (Wildman–Crippen LogP) is 5.49. The summed E-state index contributed by atoms with van der Waals surface area (Å²) in [7, 11) is 1.67. The molecule has 0 atom stereocenters. The number of benzene rings is 1. The molecule has 0 saturated carbocycles. The van der Waals surface area contributed by atoms with E-state index in [1.54, 1.807) is 13.2 Å². The molecule has 0 unspecified atom stereocenters. The van der Waals surface area contributed by atoms with Crippen LogP contribution in [0, 0.1) is 0 Å². The van der Waals surface area contributed by atoms with Gasteiger partial charge in [-0.2, -0.15) is 0 Å². The van der Waals surface area contributed by atoms with Gasteiger partial charge >= 0.3 is 0 Å². The van der Waals surface area contributed by atoms with Crippen LogP contribution in [0.2, 0.25) is 0 Å². The monoisotopic (exact) mass is 543 g/mol. The molecule has 0 amide bonds. The lowest BCUT2D eigenvalue weighted by atomic mass is 10.1. The number of thiocarbonyl (C=S) groups is 1. The zero-order chi connectivity index (χ0) is 22.3. The summed E-state index contributed by atoms with van der Waals surface area (Å²) < 4.78 is 9.85. The maximum atomic E-state index is 10.5. The summed E-state index contributed by atoms with van der Waals surface area (Å²) >= 11 is 4.98. The number of aliphatic hydroxyl groups is 2. The smallest absolute Gasteiger partial charge is 0.186 e. The lowest BCUT2D eigenvalue weighted by Crippen LogP contribution is -2.34. The van der Waals surface area contributed by atoms with Gasteiger partial charge in [0.1, 0.15) is 17.3 Å². The minimum Gasteiger partial charge on any atom is -0.512 e. The van der Waals surface area contributed by atoms with Crippen molar-refractivity contribution in [1.82, 2.24) is 3.53 Å². The van der Waals surface area contributed by atoms with E-state index in [1.807, 2.05) is 24.0 Å². The molecule has 0 bridgehead atoms. The highest BCUT2D eigenvalue weighted by Crippen LogP contribution is 2.35. The van der Waals surface area contributed by atoms with Gasteiger partial charge in [0, 0.05) is 40.2 Å². The number of aliphatic hydroxyl groups excluding tert-OH is 2. The minimum absolute atomic E-state index is 0.0390. The Morgan fingerprint density at radius 1 is 1.30 bits per heavy atom. The van der Waals surface area contributed by atoms with Gasteiger partial charge < -0.3 is 23.4 Å². The number of anilines is 2. The number of ether oxygens (including phenoxy) is 1. The molecule has 0 aliphatic carbocycles. The van der Waals surface area contributed by atoms with Crippen molar-refractivity contribution in [1.29, 1.82) is 0 Å². The van der Waals surface area contributed by atoms with Crippen LogP contribution in [-0.2, 0) is 0 Å². The first-order valence-corrected chi connectivity index (χ1v) is 12.4. The first kappa shape index (κ1) is 24.2. The van der Waals surface area contributed by atoms with E-state index in [-0.39, 0.29) is 11.5 Å². The molecular formula is C22H30IN3O3S. The van der Waals surface area contributed by atoms with Gasteiger partial charge in [0.15, 0.2) is 5.11 Å². The van der Waals surface area contributed by atoms with E-state index in [0.717, 1.165) is 33.8 Å². The van der Waals surface area contributed by atoms with Crippen LogP contribution in [0.25, 0.3) is 0 Å². The van der Waals surface area contributed by atoms with Crippen LogP contribution in [0.15, 0.2) is 54.0 Å². The number of hydrogen-bond acceptors (Lipinski definition) is 5. The predicted molar refractivity (Wildman–Crippen MR) is 139 cm³/mol. The van der Waals surface area contributed by atoms with Gasteiger partial charge in [0.05, 0.1) is 28.5 Å². The summed E-state index contributed by atoms with van der Waals surface area (Å²) in [5, 5.41) is 21.3. The van der Waals surface area contributed by atoms with Crippen molar-refractivity contribution in [2.24, 2.45) is 0 Å². The van der Waals surface area contributed by atoms with Gasteiger partial charge in [-0.15, -0.1) is 0 Å². The minimum atomic E-state index is -0.570. The van der Waals surface area contributed by atoms with Crippen LogP contribution < -0.4 is 18.1 Å². The second-order valence-electron chi connectivity index (χ2n) is 6.51. The molecule has 1 aromatic rings. The third-order valence-corrected chi connectivity index (χ3v) is 7.71. The largest absolute Gasteiger partial charge is 0.512 e. The van der Waals surface area contributed by atoms with Crippen LogP contribution in [0.3, 0.4) is 0 Å². The Hall–Kier alpha value is -2.07. The van der Waals surface area contributed by atoms with Crippen LogP contribution in [0.4, 0.5) is 11.4 Å². The molecule has 1 aliphatic rings. The van der Waals surface area contributed by atoms with Crippen LogP contribution in [0.1, 0.15) is 33.6 Å². The fraction of sp³-hybridized carbons (Fsp3) is 0.364. The van der Waals surface area contributed by atoms with Crippen molar-refractivity contribution < 1.29 is 14.9 Å². The Kier molecular flexibility index (Phi) is 9.16. The Morgan fingerprint density at radius 2 is 2.00 bits per heavy atom. The number of rotatable bonds is 10. The molecule has 0 aromatic heterocycles. The van der Waals surface area contributed by atoms with E-state index < -0.39 is 21.0 Å². The average molecular weight is 543 g/mol. The average Bonchev–Trinajstić information content (AvgIpc) is 3.09. The van der Waals surface area contributed by atoms with Gasteiger partial charge in [0.2, 0.25) is 0 Å². The van der Waals surface area contributed by atoms with Crippen LogP contribution in [0.5, 0.6) is 5.75 Å². The highest BCUT2D eigenvalue weighted by molar-refractivity contribution is 14.2. The Morgan fingerprint density at radius 3 is 2.57 bits per heavy atom. The lowest BCUT2D eigenvalue weighted by molar-refractivity contribution is 0.385. The Bertz CT molecular complexity index is 892. The molecule has 164 valence electrons. The van der Waals surface area contributed by atoms with Crippen LogP contribution in [-0.4, -0.2) is 39.2 Å². The molecule has 0 saturated heterocycles. The topological polar surface area (TPSA) is 68.2 Å². The molecule has 3 N–H and O–H groups in total. The number of hydrogen-bond donors (Lipinski definition) is 3. The SMILES string of the molecule is C=C/C(CC)=C(O)\C=C(\O)CC1=INC(=S)N1c1ccc(OC)c(N(CC)CC)c1. The number of halogens is 1. The van der Waals surface area contributed by atoms with Crippen LogP contribution >= 0.6 is 33.2 Å². The van der Waals surface area contributed by atoms with Gasteiger partial charge in [-0.3, -0.25) is 4.90 Å². The number of nitrogens with zero attached hydrogens (tertiary/aromatic N) is 2. The van der Waals surface area contributed by atoms with Gasteiger partial charge in [-0.05, 0) is 56.3 Å². The molecule has 0 fully saturated rings. The molecule has 6 nitrogen and oxygen atoms in total. The van der Waals surface area contributed by atoms with Crippen molar-refractivity contribution in [3.05, 3.63) is 54.0 Å². The first-order valence-electron chi connectivity index (χ1n) is 9.86. The van der Waals surface area contributed by atoms with E-state index in [4.69, 9.17) is 17.0 Å². The number of allylic oxidation sites excluding steroid dienone is 3. The molecule has 30 heavy (non-hydrogen) atoms. The maximum Gasteiger partial charge on any atom is 0.186 e. The summed E-state index contributed by atoms with van der Waals surface area (Å²) in [6.45, 7) is 11.6. The number of methoxy groups -OCH3 is 1. The van der Waals surface area contributed by atoms with Crippen molar-refractivity contribution in [3.8, 4) is 5.75 Å². The molecule has 0 radical (unpaired) electrons. The van der Waals surface area contributed by atoms with Crippen molar-refractivity contribution in [2.75, 3.05) is 30.0 Å². The third kappa shape index (κ3) is 5.54. The quantitative estimate of drug-likeness (QED) is 0.119. The molecule has 8 heteroatoms. The van der Waals surface area contributed by atoms with Gasteiger partial charge in [-0.25, -0.2) is 0 Å². The zero-order valence-corrected chi connectivity index (χ0v) is 20.9. The highest BCUT2D eigenvalue weighted by Gasteiger charge is 2.25. The van der Waals surface area contributed by atoms with E-state index in [1.165, 1.54) is 6.08 Å². The molecule has 2 rings (SSSR count). The van der Waals surface area contributed by atoms with Crippen molar-refractivity contribution in [2.45, 2.75) is 33.6 Å². The zero-order valence-electron chi connectivity index (χ0n) is 17.9. The number of nitrogens with one attached hydrogen (secondary N) is 1. The second-order valence-corrected chi connectivity index (χ2v) is 9.23.